The number of furan rings is 1. The van der Waals surface area contributed by atoms with E-state index in [2.05, 4.69) is 10.2 Å². The number of fused-ring (bicyclic) bond motifs is 1. The number of nitrogens with one attached hydrogen (secondary N) is 1. The van der Waals surface area contributed by atoms with Crippen LogP contribution in [-0.4, -0.2) is 49.8 Å². The van der Waals surface area contributed by atoms with Crippen LogP contribution in [0.25, 0.3) is 0 Å². The molecule has 1 aromatic heterocycles. The van der Waals surface area contributed by atoms with Crippen LogP contribution in [-0.2, 0) is 17.7 Å². The van der Waals surface area contributed by atoms with E-state index in [0.29, 0.717) is 18.7 Å². The molecule has 4 rings (SSSR count). The normalized spacial score (nSPS) is 20.6. The molecule has 2 aliphatic heterocycles. The maximum atomic E-state index is 12.5. The fraction of sp³-hybridized carbons (Fsp3) is 0.421. The fourth-order valence-corrected chi connectivity index (χ4v) is 3.25. The Morgan fingerprint density at radius 2 is 2.08 bits per heavy atom. The zero-order valence-electron chi connectivity index (χ0n) is 14.1. The first-order valence-corrected chi connectivity index (χ1v) is 8.67. The molecule has 3 heterocycles. The van der Waals surface area contributed by atoms with E-state index in [1.54, 1.807) is 0 Å². The van der Waals surface area contributed by atoms with Crippen molar-refractivity contribution in [3.63, 3.8) is 0 Å². The number of hydrogen-bond acceptors (Lipinski definition) is 5. The highest BCUT2D eigenvalue weighted by Gasteiger charge is 2.22. The average Bonchev–Trinajstić information content (AvgIpc) is 3.11. The van der Waals surface area contributed by atoms with Gasteiger partial charge in [-0.25, -0.2) is 0 Å². The van der Waals surface area contributed by atoms with Gasteiger partial charge in [0.2, 0.25) is 0 Å². The van der Waals surface area contributed by atoms with Crippen LogP contribution in [0.15, 0.2) is 41.0 Å². The van der Waals surface area contributed by atoms with Gasteiger partial charge in [0.1, 0.15) is 24.4 Å². The second-order valence-corrected chi connectivity index (χ2v) is 6.48. The predicted molar refractivity (Wildman–Crippen MR) is 91.7 cm³/mol. The van der Waals surface area contributed by atoms with Crippen molar-refractivity contribution >= 4 is 5.91 Å². The lowest BCUT2D eigenvalue weighted by molar-refractivity contribution is 0.0313. The first-order chi connectivity index (χ1) is 12.3. The van der Waals surface area contributed by atoms with Crippen LogP contribution < -0.4 is 10.1 Å². The first kappa shape index (κ1) is 16.2. The van der Waals surface area contributed by atoms with Crippen LogP contribution in [0.3, 0.4) is 0 Å². The smallest absolute Gasteiger partial charge is 0.254 e. The molecule has 25 heavy (non-hydrogen) atoms. The van der Waals surface area contributed by atoms with Crippen LogP contribution in [0, 0.1) is 0 Å². The van der Waals surface area contributed by atoms with Gasteiger partial charge in [0.25, 0.3) is 5.91 Å². The molecule has 0 aliphatic carbocycles. The third kappa shape index (κ3) is 3.86. The number of para-hydroxylation sites is 1. The van der Waals surface area contributed by atoms with Crippen LogP contribution >= 0.6 is 0 Å². The molecule has 6 nitrogen and oxygen atoms in total. The zero-order valence-corrected chi connectivity index (χ0v) is 14.1. The Hall–Kier alpha value is -2.31. The maximum absolute atomic E-state index is 12.5. The summed E-state index contributed by atoms with van der Waals surface area (Å²) in [5.41, 5.74) is 1.68. The Balaban J connectivity index is 1.34. The number of hydrogen-bond donors (Lipinski definition) is 1. The van der Waals surface area contributed by atoms with Crippen LogP contribution in [0.5, 0.6) is 5.75 Å². The van der Waals surface area contributed by atoms with Gasteiger partial charge in [0.05, 0.1) is 31.4 Å². The standard InChI is InChI=1S/C19H22N2O4/c22-19(20-16-9-14-3-1-2-4-18(14)25-13-16)15-10-17(24-12-15)11-21-5-7-23-8-6-21/h1-4,10,12,16H,5-9,11,13H2,(H,20,22). The van der Waals surface area contributed by atoms with E-state index < -0.39 is 0 Å². The van der Waals surface area contributed by atoms with Crippen molar-refractivity contribution in [2.75, 3.05) is 32.9 Å². The van der Waals surface area contributed by atoms with Crippen molar-refractivity contribution in [1.29, 1.82) is 0 Å². The molecule has 1 atom stereocenters. The van der Waals surface area contributed by atoms with Crippen LogP contribution in [0.4, 0.5) is 0 Å². The molecule has 0 radical (unpaired) electrons. The lowest BCUT2D eigenvalue weighted by Crippen LogP contribution is -2.42. The zero-order chi connectivity index (χ0) is 17.1. The van der Waals surface area contributed by atoms with E-state index in [-0.39, 0.29) is 11.9 Å². The summed E-state index contributed by atoms with van der Waals surface area (Å²) in [6.07, 6.45) is 2.31. The second-order valence-electron chi connectivity index (χ2n) is 6.48. The Bertz CT molecular complexity index is 737. The predicted octanol–water partition coefficient (Wildman–Crippen LogP) is 1.85. The summed E-state index contributed by atoms with van der Waals surface area (Å²) in [7, 11) is 0. The van der Waals surface area contributed by atoms with Gasteiger partial charge in [-0.1, -0.05) is 18.2 Å². The minimum absolute atomic E-state index is 0.0278. The van der Waals surface area contributed by atoms with Crippen molar-refractivity contribution in [1.82, 2.24) is 10.2 Å². The topological polar surface area (TPSA) is 63.9 Å². The van der Waals surface area contributed by atoms with E-state index in [1.165, 1.54) is 6.26 Å². The number of ether oxygens (including phenoxy) is 2. The van der Waals surface area contributed by atoms with Crippen molar-refractivity contribution < 1.29 is 18.7 Å². The maximum Gasteiger partial charge on any atom is 0.254 e. The lowest BCUT2D eigenvalue weighted by Gasteiger charge is -2.25. The molecular weight excluding hydrogens is 320 g/mol. The summed E-state index contributed by atoms with van der Waals surface area (Å²) in [6, 6.07) is 9.73. The Morgan fingerprint density at radius 3 is 2.96 bits per heavy atom. The molecule has 1 N–H and O–H groups in total. The molecule has 0 spiro atoms. The van der Waals surface area contributed by atoms with Gasteiger partial charge in [-0.05, 0) is 24.1 Å². The largest absolute Gasteiger partial charge is 0.491 e. The highest BCUT2D eigenvalue weighted by molar-refractivity contribution is 5.94. The van der Waals surface area contributed by atoms with E-state index in [4.69, 9.17) is 13.9 Å². The Morgan fingerprint density at radius 1 is 1.24 bits per heavy atom. The number of amides is 1. The average molecular weight is 342 g/mol. The van der Waals surface area contributed by atoms with Crippen molar-refractivity contribution in [3.05, 3.63) is 53.5 Å². The monoisotopic (exact) mass is 342 g/mol. The van der Waals surface area contributed by atoms with Gasteiger partial charge in [0, 0.05) is 13.1 Å². The molecule has 1 amide bonds. The van der Waals surface area contributed by atoms with Gasteiger partial charge >= 0.3 is 0 Å². The Kier molecular flexibility index (Phi) is 4.72. The summed E-state index contributed by atoms with van der Waals surface area (Å²) in [6.45, 7) is 4.47. The summed E-state index contributed by atoms with van der Waals surface area (Å²) in [5.74, 6) is 1.59. The summed E-state index contributed by atoms with van der Waals surface area (Å²) >= 11 is 0. The molecule has 1 saturated heterocycles. The molecule has 1 unspecified atom stereocenters. The molecule has 1 aromatic carbocycles. The summed E-state index contributed by atoms with van der Waals surface area (Å²) in [4.78, 5) is 14.7. The van der Waals surface area contributed by atoms with Gasteiger partial charge in [-0.15, -0.1) is 0 Å². The van der Waals surface area contributed by atoms with Gasteiger partial charge in [-0.3, -0.25) is 9.69 Å². The minimum atomic E-state index is -0.120. The van der Waals surface area contributed by atoms with Crippen molar-refractivity contribution in [2.45, 2.75) is 19.0 Å². The molecule has 6 heteroatoms. The van der Waals surface area contributed by atoms with Crippen molar-refractivity contribution in [3.8, 4) is 5.75 Å². The minimum Gasteiger partial charge on any atom is -0.491 e. The molecule has 132 valence electrons. The third-order valence-corrected chi connectivity index (χ3v) is 4.61. The second kappa shape index (κ2) is 7.29. The number of carbonyl (C=O) groups is 1. The number of benzene rings is 1. The number of nitrogens with zero attached hydrogens (tertiary/aromatic N) is 1. The molecule has 0 saturated carbocycles. The van der Waals surface area contributed by atoms with Crippen molar-refractivity contribution in [2.24, 2.45) is 0 Å². The molecule has 2 aliphatic rings. The van der Waals surface area contributed by atoms with Crippen LogP contribution in [0.1, 0.15) is 21.7 Å². The summed E-state index contributed by atoms with van der Waals surface area (Å²) < 4.78 is 16.6. The van der Waals surface area contributed by atoms with Gasteiger partial charge in [0.15, 0.2) is 0 Å². The lowest BCUT2D eigenvalue weighted by atomic mass is 10.0. The van der Waals surface area contributed by atoms with E-state index in [0.717, 1.165) is 49.8 Å². The first-order valence-electron chi connectivity index (χ1n) is 8.67. The molecular formula is C19H22N2O4. The molecule has 0 bridgehead atoms. The van der Waals surface area contributed by atoms with E-state index >= 15 is 0 Å². The highest BCUT2D eigenvalue weighted by atomic mass is 16.5. The van der Waals surface area contributed by atoms with Gasteiger partial charge in [-0.2, -0.15) is 0 Å². The van der Waals surface area contributed by atoms with Gasteiger partial charge < -0.3 is 19.2 Å². The number of rotatable bonds is 4. The third-order valence-electron chi connectivity index (χ3n) is 4.61. The van der Waals surface area contributed by atoms with E-state index in [1.807, 2.05) is 30.3 Å². The fourth-order valence-electron chi connectivity index (χ4n) is 3.25. The Labute approximate surface area is 146 Å². The van der Waals surface area contributed by atoms with Crippen LogP contribution in [0.2, 0.25) is 0 Å². The highest BCUT2D eigenvalue weighted by Crippen LogP contribution is 2.24. The molecule has 2 aromatic rings. The van der Waals surface area contributed by atoms with E-state index in [9.17, 15) is 4.79 Å². The summed E-state index contributed by atoms with van der Waals surface area (Å²) in [5, 5.41) is 3.04. The number of morpholine rings is 1. The SMILES string of the molecule is O=C(NC1COc2ccccc2C1)c1coc(CN2CCOCC2)c1. The number of carbonyl (C=O) groups excluding carboxylic acids is 1. The molecule has 1 fully saturated rings. The quantitative estimate of drug-likeness (QED) is 0.919.